The lowest BCUT2D eigenvalue weighted by Gasteiger charge is -2.49. The summed E-state index contributed by atoms with van der Waals surface area (Å²) in [5, 5.41) is 21.8. The van der Waals surface area contributed by atoms with Crippen molar-refractivity contribution in [1.29, 1.82) is 0 Å². The van der Waals surface area contributed by atoms with E-state index >= 15 is 0 Å². The van der Waals surface area contributed by atoms with Crippen molar-refractivity contribution in [3.05, 3.63) is 23.1 Å². The molecule has 1 aliphatic carbocycles. The number of fused-ring (bicyclic) bond motifs is 2. The van der Waals surface area contributed by atoms with E-state index in [9.17, 15) is 10.2 Å². The highest BCUT2D eigenvalue weighted by Gasteiger charge is 2.54. The van der Waals surface area contributed by atoms with Crippen LogP contribution in [0.4, 0.5) is 0 Å². The maximum absolute atomic E-state index is 10.8. The van der Waals surface area contributed by atoms with Gasteiger partial charge in [-0.25, -0.2) is 4.99 Å². The van der Waals surface area contributed by atoms with E-state index < -0.39 is 17.3 Å². The molecule has 2 heterocycles. The normalized spacial score (nSPS) is 32.8. The zero-order valence-corrected chi connectivity index (χ0v) is 14.8. The molecule has 0 radical (unpaired) electrons. The average Bonchev–Trinajstić information content (AvgIpc) is 2.99. The summed E-state index contributed by atoms with van der Waals surface area (Å²) in [7, 11) is 3.26. The standard InChI is InChI=1S/C18H27NO5/c1-17(2,21)8-9-18(23-4)13(20)6-5-11-14(22-3)12-7-10-24-16(12)19-15(11)18/h7,10-11,13,15,20-21H,5-6,8-9H2,1-4H3. The third-order valence-corrected chi connectivity index (χ3v) is 5.43. The zero-order valence-electron chi connectivity index (χ0n) is 14.8. The van der Waals surface area contributed by atoms with Gasteiger partial charge in [0.25, 0.3) is 0 Å². The molecule has 1 aromatic rings. The van der Waals surface area contributed by atoms with Crippen molar-refractivity contribution in [2.75, 3.05) is 14.2 Å². The molecule has 0 bridgehead atoms. The topological polar surface area (TPSA) is 84.4 Å². The van der Waals surface area contributed by atoms with Crippen molar-refractivity contribution in [3.63, 3.8) is 0 Å². The molecular formula is C18H27NO5. The van der Waals surface area contributed by atoms with Crippen molar-refractivity contribution in [3.8, 4) is 0 Å². The largest absolute Gasteiger partial charge is 0.500 e. The first-order valence-corrected chi connectivity index (χ1v) is 8.47. The Balaban J connectivity index is 2.07. The van der Waals surface area contributed by atoms with Gasteiger partial charge in [-0.3, -0.25) is 0 Å². The van der Waals surface area contributed by atoms with Crippen LogP contribution in [-0.2, 0) is 9.47 Å². The predicted molar refractivity (Wildman–Crippen MR) is 87.7 cm³/mol. The van der Waals surface area contributed by atoms with Crippen LogP contribution in [0.15, 0.2) is 21.7 Å². The smallest absolute Gasteiger partial charge is 0.225 e. The second-order valence-corrected chi connectivity index (χ2v) is 7.45. The second kappa shape index (κ2) is 6.17. The molecular weight excluding hydrogens is 310 g/mol. The van der Waals surface area contributed by atoms with Crippen LogP contribution in [0.5, 0.6) is 0 Å². The predicted octanol–water partition coefficient (Wildman–Crippen LogP) is 0.743. The minimum absolute atomic E-state index is 0.0326. The molecule has 1 fully saturated rings. The van der Waals surface area contributed by atoms with Crippen LogP contribution in [0.1, 0.15) is 39.5 Å². The van der Waals surface area contributed by atoms with E-state index in [0.29, 0.717) is 24.8 Å². The van der Waals surface area contributed by atoms with Gasteiger partial charge >= 0.3 is 0 Å². The van der Waals surface area contributed by atoms with Crippen molar-refractivity contribution >= 4 is 5.76 Å². The number of hydrogen-bond acceptors (Lipinski definition) is 6. The summed E-state index contributed by atoms with van der Waals surface area (Å²) < 4.78 is 17.1. The lowest BCUT2D eigenvalue weighted by molar-refractivity contribution is -0.156. The molecule has 0 amide bonds. The third-order valence-electron chi connectivity index (χ3n) is 5.43. The quantitative estimate of drug-likeness (QED) is 0.828. The summed E-state index contributed by atoms with van der Waals surface area (Å²) in [5.41, 5.74) is -1.18. The molecule has 1 aromatic heterocycles. The summed E-state index contributed by atoms with van der Waals surface area (Å²) in [5.74, 6) is 0.876. The van der Waals surface area contributed by atoms with E-state index in [1.165, 1.54) is 0 Å². The van der Waals surface area contributed by atoms with E-state index in [-0.39, 0.29) is 12.0 Å². The molecule has 0 spiro atoms. The van der Waals surface area contributed by atoms with Gasteiger partial charge in [0.2, 0.25) is 5.55 Å². The van der Waals surface area contributed by atoms with Gasteiger partial charge < -0.3 is 24.1 Å². The number of hydrogen-bond donors (Lipinski definition) is 2. The first kappa shape index (κ1) is 17.5. The first-order valence-electron chi connectivity index (χ1n) is 8.47. The fraction of sp³-hybridized carbons (Fsp3) is 0.722. The van der Waals surface area contributed by atoms with Crippen LogP contribution in [0.3, 0.4) is 0 Å². The number of ether oxygens (including phenoxy) is 2. The molecule has 24 heavy (non-hydrogen) atoms. The Hall–Kier alpha value is -1.37. The molecule has 0 saturated heterocycles. The number of rotatable bonds is 5. The van der Waals surface area contributed by atoms with Crippen LogP contribution in [0.25, 0.3) is 5.76 Å². The molecule has 4 atom stereocenters. The molecule has 2 aliphatic rings. The van der Waals surface area contributed by atoms with E-state index in [2.05, 4.69) is 0 Å². The molecule has 134 valence electrons. The van der Waals surface area contributed by atoms with Crippen molar-refractivity contribution in [2.45, 2.75) is 62.9 Å². The SMILES string of the molecule is COC1=c2ccoc2=NC2C1CCC(O)C2(CCC(C)(C)O)OC. The first-order chi connectivity index (χ1) is 11.3. The number of furan rings is 1. The molecule has 4 unspecified atom stereocenters. The van der Waals surface area contributed by atoms with Crippen LogP contribution in [0, 0.1) is 5.92 Å². The van der Waals surface area contributed by atoms with E-state index in [0.717, 1.165) is 17.4 Å². The maximum atomic E-state index is 10.8. The summed E-state index contributed by atoms with van der Waals surface area (Å²) in [4.78, 5) is 4.77. The average molecular weight is 337 g/mol. The van der Waals surface area contributed by atoms with E-state index in [1.807, 2.05) is 6.07 Å². The van der Waals surface area contributed by atoms with Gasteiger partial charge in [-0.2, -0.15) is 0 Å². The molecule has 6 nitrogen and oxygen atoms in total. The lowest BCUT2D eigenvalue weighted by Crippen LogP contribution is -2.61. The minimum Gasteiger partial charge on any atom is -0.500 e. The van der Waals surface area contributed by atoms with Crippen molar-refractivity contribution in [2.24, 2.45) is 10.9 Å². The maximum Gasteiger partial charge on any atom is 0.225 e. The fourth-order valence-electron chi connectivity index (χ4n) is 4.10. The molecule has 1 aliphatic heterocycles. The van der Waals surface area contributed by atoms with Gasteiger partial charge in [-0.1, -0.05) is 0 Å². The van der Waals surface area contributed by atoms with Crippen LogP contribution in [0.2, 0.25) is 0 Å². The van der Waals surface area contributed by atoms with Gasteiger partial charge in [-0.05, 0) is 45.6 Å². The van der Waals surface area contributed by atoms with Gasteiger partial charge in [-0.15, -0.1) is 0 Å². The van der Waals surface area contributed by atoms with Gasteiger partial charge in [0.05, 0.1) is 36.3 Å². The Morgan fingerprint density at radius 2 is 2.12 bits per heavy atom. The third kappa shape index (κ3) is 2.76. The summed E-state index contributed by atoms with van der Waals surface area (Å²) in [6, 6.07) is 1.56. The monoisotopic (exact) mass is 337 g/mol. The Labute approximate surface area is 141 Å². The molecule has 0 aromatic carbocycles. The lowest BCUT2D eigenvalue weighted by atomic mass is 9.67. The van der Waals surface area contributed by atoms with Crippen LogP contribution >= 0.6 is 0 Å². The fourth-order valence-corrected chi connectivity index (χ4v) is 4.10. The van der Waals surface area contributed by atoms with Crippen molar-refractivity contribution in [1.82, 2.24) is 0 Å². The number of methoxy groups -OCH3 is 2. The molecule has 1 saturated carbocycles. The summed E-state index contributed by atoms with van der Waals surface area (Å²) in [6.45, 7) is 3.52. The summed E-state index contributed by atoms with van der Waals surface area (Å²) in [6.07, 6.45) is 3.35. The highest BCUT2D eigenvalue weighted by atomic mass is 16.5. The van der Waals surface area contributed by atoms with E-state index in [1.54, 1.807) is 34.3 Å². The Morgan fingerprint density at radius 3 is 2.75 bits per heavy atom. The van der Waals surface area contributed by atoms with Crippen LogP contribution < -0.4 is 10.8 Å². The molecule has 2 N–H and O–H groups in total. The number of aliphatic hydroxyl groups excluding tert-OH is 1. The van der Waals surface area contributed by atoms with Crippen molar-refractivity contribution < 1.29 is 24.1 Å². The van der Waals surface area contributed by atoms with Gasteiger partial charge in [0.15, 0.2) is 0 Å². The van der Waals surface area contributed by atoms with Gasteiger partial charge in [0.1, 0.15) is 11.4 Å². The minimum atomic E-state index is -0.864. The number of nitrogens with zero attached hydrogens (tertiary/aromatic N) is 1. The Morgan fingerprint density at radius 1 is 1.38 bits per heavy atom. The molecule has 3 rings (SSSR count). The van der Waals surface area contributed by atoms with Crippen LogP contribution in [-0.4, -0.2) is 47.8 Å². The second-order valence-electron chi connectivity index (χ2n) is 7.45. The highest BCUT2D eigenvalue weighted by molar-refractivity contribution is 5.43. The van der Waals surface area contributed by atoms with E-state index in [4.69, 9.17) is 18.9 Å². The van der Waals surface area contributed by atoms with Gasteiger partial charge in [0, 0.05) is 13.0 Å². The number of aliphatic hydroxyl groups is 2. The zero-order chi connectivity index (χ0) is 17.5. The molecule has 6 heteroatoms. The summed E-state index contributed by atoms with van der Waals surface area (Å²) >= 11 is 0. The Bertz CT molecular complexity index is 704. The highest BCUT2D eigenvalue weighted by Crippen LogP contribution is 2.45. The Kier molecular flexibility index (Phi) is 4.49.